The molecule has 176 valence electrons. The van der Waals surface area contributed by atoms with Crippen LogP contribution in [0.15, 0.2) is 42.9 Å². The van der Waals surface area contributed by atoms with Gasteiger partial charge in [-0.25, -0.2) is 15.0 Å². The highest BCUT2D eigenvalue weighted by Crippen LogP contribution is 2.38. The Kier molecular flexibility index (Phi) is 6.03. The second-order valence-corrected chi connectivity index (χ2v) is 8.04. The van der Waals surface area contributed by atoms with E-state index in [1.165, 1.54) is 35.6 Å². The molecule has 0 unspecified atom stereocenters. The summed E-state index contributed by atoms with van der Waals surface area (Å²) in [5, 5.41) is 16.4. The number of amidine groups is 1. The Bertz CT molecular complexity index is 1220. The van der Waals surface area contributed by atoms with Gasteiger partial charge in [-0.3, -0.25) is 20.7 Å². The van der Waals surface area contributed by atoms with Gasteiger partial charge >= 0.3 is 6.18 Å². The molecule has 34 heavy (non-hydrogen) atoms. The molecule has 8 nitrogen and oxygen atoms in total. The van der Waals surface area contributed by atoms with E-state index in [1.54, 1.807) is 0 Å². The van der Waals surface area contributed by atoms with Crippen molar-refractivity contribution in [2.75, 3.05) is 9.80 Å². The molecule has 0 aliphatic carbocycles. The predicted molar refractivity (Wildman–Crippen MR) is 124 cm³/mol. The van der Waals surface area contributed by atoms with E-state index in [9.17, 15) is 13.2 Å². The van der Waals surface area contributed by atoms with Crippen LogP contribution in [0.1, 0.15) is 32.8 Å². The van der Waals surface area contributed by atoms with E-state index in [4.69, 9.17) is 15.8 Å². The Labute approximate surface area is 194 Å². The monoisotopic (exact) mass is 468 g/mol. The summed E-state index contributed by atoms with van der Waals surface area (Å²) in [5.41, 5.74) is 0.879. The minimum absolute atomic E-state index is 0.0101. The third-order valence-corrected chi connectivity index (χ3v) is 5.63. The van der Waals surface area contributed by atoms with Crippen molar-refractivity contribution >= 4 is 23.7 Å². The van der Waals surface area contributed by atoms with Crippen LogP contribution >= 0.6 is 0 Å². The molecule has 0 radical (unpaired) electrons. The smallest absolute Gasteiger partial charge is 0.342 e. The molecule has 4 rings (SSSR count). The fourth-order valence-electron chi connectivity index (χ4n) is 4.07. The number of fused-ring (bicyclic) bond motifs is 1. The number of anilines is 2. The third-order valence-electron chi connectivity index (χ3n) is 5.63. The molecule has 0 saturated heterocycles. The Morgan fingerprint density at radius 3 is 2.26 bits per heavy atom. The maximum absolute atomic E-state index is 13.0. The molecule has 0 bridgehead atoms. The lowest BCUT2D eigenvalue weighted by Gasteiger charge is -2.44. The molecule has 0 fully saturated rings. The zero-order valence-corrected chi connectivity index (χ0v) is 18.8. The van der Waals surface area contributed by atoms with Crippen molar-refractivity contribution in [3.05, 3.63) is 48.4 Å². The largest absolute Gasteiger partial charge is 0.416 e. The van der Waals surface area contributed by atoms with Crippen LogP contribution in [0.5, 0.6) is 0 Å². The quantitative estimate of drug-likeness (QED) is 0.403. The summed E-state index contributed by atoms with van der Waals surface area (Å²) in [6.07, 6.45) is 1.74. The molecule has 1 aliphatic rings. The second-order valence-electron chi connectivity index (χ2n) is 8.04. The fraction of sp³-hybridized carbons (Fsp3) is 0.304. The van der Waals surface area contributed by atoms with E-state index in [-0.39, 0.29) is 23.7 Å². The van der Waals surface area contributed by atoms with Crippen molar-refractivity contribution in [2.24, 2.45) is 0 Å². The van der Waals surface area contributed by atoms with Gasteiger partial charge < -0.3 is 4.90 Å². The highest BCUT2D eigenvalue weighted by Gasteiger charge is 2.37. The molecule has 2 aromatic heterocycles. The first kappa shape index (κ1) is 23.3. The summed E-state index contributed by atoms with van der Waals surface area (Å²) in [6.45, 7) is 5.96. The first-order valence-electron chi connectivity index (χ1n) is 10.7. The van der Waals surface area contributed by atoms with Crippen molar-refractivity contribution in [3.8, 4) is 22.8 Å². The number of benzene rings is 1. The molecule has 1 atom stereocenters. The van der Waals surface area contributed by atoms with E-state index in [1.807, 2.05) is 25.7 Å². The summed E-state index contributed by atoms with van der Waals surface area (Å²) in [5.74, 6) is 1.07. The molecule has 2 N–H and O–H groups in total. The summed E-state index contributed by atoms with van der Waals surface area (Å²) in [7, 11) is 0. The SMILES string of the molecule is CC[C@@H]1C(=N)N(C=N)c2cnc(-c3nccnc3-c3ccc(C(F)(F)F)cc3)nc2N1C(C)C. The van der Waals surface area contributed by atoms with Crippen LogP contribution in [-0.2, 0) is 6.18 Å². The standard InChI is InChI=1S/C23H23F3N8/c1-4-16-20(28)33(12-27)17-11-31-21(32-22(17)34(16)13(2)3)19-18(29-9-10-30-19)14-5-7-15(8-6-14)23(24,25)26/h5-13,16,27-28H,4H2,1-3H3/t16-/m1/s1. The first-order chi connectivity index (χ1) is 16.2. The number of rotatable bonds is 5. The topological polar surface area (TPSA) is 106 Å². The van der Waals surface area contributed by atoms with Crippen molar-refractivity contribution in [2.45, 2.75) is 45.5 Å². The Morgan fingerprint density at radius 2 is 1.71 bits per heavy atom. The minimum atomic E-state index is -4.43. The summed E-state index contributed by atoms with van der Waals surface area (Å²) in [6, 6.07) is 4.42. The van der Waals surface area contributed by atoms with Gasteiger partial charge in [0, 0.05) is 24.0 Å². The van der Waals surface area contributed by atoms with Gasteiger partial charge in [0.1, 0.15) is 17.2 Å². The van der Waals surface area contributed by atoms with Crippen LogP contribution in [0, 0.1) is 10.8 Å². The highest BCUT2D eigenvalue weighted by atomic mass is 19.4. The molecule has 3 aromatic rings. The van der Waals surface area contributed by atoms with Crippen molar-refractivity contribution in [3.63, 3.8) is 0 Å². The number of hydrogen-bond donors (Lipinski definition) is 2. The van der Waals surface area contributed by atoms with Crippen LogP contribution < -0.4 is 9.80 Å². The average molecular weight is 468 g/mol. The lowest BCUT2D eigenvalue weighted by Crippen LogP contribution is -2.55. The predicted octanol–water partition coefficient (Wildman–Crippen LogP) is 5.02. The van der Waals surface area contributed by atoms with Crippen LogP contribution in [0.3, 0.4) is 0 Å². The second kappa shape index (κ2) is 8.81. The fourth-order valence-corrected chi connectivity index (χ4v) is 4.07. The van der Waals surface area contributed by atoms with Crippen molar-refractivity contribution < 1.29 is 13.2 Å². The Morgan fingerprint density at radius 1 is 1.06 bits per heavy atom. The van der Waals surface area contributed by atoms with E-state index < -0.39 is 11.7 Å². The molecular weight excluding hydrogens is 445 g/mol. The van der Waals surface area contributed by atoms with Crippen molar-refractivity contribution in [1.82, 2.24) is 19.9 Å². The normalized spacial score (nSPS) is 16.1. The van der Waals surface area contributed by atoms with Gasteiger partial charge in [0.2, 0.25) is 0 Å². The summed E-state index contributed by atoms with van der Waals surface area (Å²) < 4.78 is 39.0. The molecular formula is C23H23F3N8. The van der Waals surface area contributed by atoms with Crippen molar-refractivity contribution in [1.29, 1.82) is 10.8 Å². The van der Waals surface area contributed by atoms with Crippen LogP contribution in [0.25, 0.3) is 22.8 Å². The number of alkyl halides is 3. The molecule has 11 heteroatoms. The van der Waals surface area contributed by atoms with E-state index in [0.717, 1.165) is 18.5 Å². The van der Waals surface area contributed by atoms with Gasteiger partial charge in [0.15, 0.2) is 11.6 Å². The minimum Gasteiger partial charge on any atom is -0.342 e. The number of nitrogens with zero attached hydrogens (tertiary/aromatic N) is 6. The average Bonchev–Trinajstić information content (AvgIpc) is 2.82. The maximum atomic E-state index is 13.0. The highest BCUT2D eigenvalue weighted by molar-refractivity contribution is 6.16. The van der Waals surface area contributed by atoms with E-state index in [0.29, 0.717) is 34.9 Å². The summed E-state index contributed by atoms with van der Waals surface area (Å²) in [4.78, 5) is 21.3. The molecule has 1 aliphatic heterocycles. The molecule has 0 amide bonds. The van der Waals surface area contributed by atoms with Gasteiger partial charge in [-0.1, -0.05) is 19.1 Å². The zero-order chi connectivity index (χ0) is 24.6. The number of nitrogens with one attached hydrogen (secondary N) is 2. The lowest BCUT2D eigenvalue weighted by atomic mass is 10.0. The number of aromatic nitrogens is 4. The van der Waals surface area contributed by atoms with Gasteiger partial charge in [0.25, 0.3) is 0 Å². The Balaban J connectivity index is 1.85. The van der Waals surface area contributed by atoms with Gasteiger partial charge in [-0.2, -0.15) is 13.2 Å². The van der Waals surface area contributed by atoms with Crippen LogP contribution in [-0.4, -0.2) is 44.2 Å². The van der Waals surface area contributed by atoms with Gasteiger partial charge in [0.05, 0.1) is 29.8 Å². The molecule has 1 aromatic carbocycles. The lowest BCUT2D eigenvalue weighted by molar-refractivity contribution is -0.137. The van der Waals surface area contributed by atoms with Crippen LogP contribution in [0.4, 0.5) is 24.7 Å². The van der Waals surface area contributed by atoms with E-state index >= 15 is 0 Å². The number of hydrogen-bond acceptors (Lipinski definition) is 7. The van der Waals surface area contributed by atoms with Crippen LogP contribution in [0.2, 0.25) is 0 Å². The zero-order valence-electron chi connectivity index (χ0n) is 18.8. The number of halogens is 3. The Hall–Kier alpha value is -3.89. The molecule has 3 heterocycles. The van der Waals surface area contributed by atoms with E-state index in [2.05, 4.69) is 15.0 Å². The molecule has 0 saturated carbocycles. The maximum Gasteiger partial charge on any atom is 0.416 e. The van der Waals surface area contributed by atoms with Gasteiger partial charge in [-0.15, -0.1) is 0 Å². The summed E-state index contributed by atoms with van der Waals surface area (Å²) >= 11 is 0. The first-order valence-corrected chi connectivity index (χ1v) is 10.7. The third kappa shape index (κ3) is 3.97. The van der Waals surface area contributed by atoms with Gasteiger partial charge in [-0.05, 0) is 32.4 Å². The molecule has 0 spiro atoms.